The molecule has 0 heterocycles. The highest BCUT2D eigenvalue weighted by Crippen LogP contribution is 2.33. The van der Waals surface area contributed by atoms with Crippen LogP contribution in [0.25, 0.3) is 0 Å². The number of hydrogen-bond acceptors (Lipinski definition) is 1. The van der Waals surface area contributed by atoms with Gasteiger partial charge in [-0.25, -0.2) is 0 Å². The van der Waals surface area contributed by atoms with Crippen molar-refractivity contribution in [3.63, 3.8) is 0 Å². The van der Waals surface area contributed by atoms with Crippen molar-refractivity contribution in [3.05, 3.63) is 0 Å². The maximum absolute atomic E-state index is 8.42. The Kier molecular flexibility index (Phi) is 6.35. The molecular weight excluding hydrogens is 186 g/mol. The van der Waals surface area contributed by atoms with Crippen LogP contribution in [-0.2, 0) is 0 Å². The van der Waals surface area contributed by atoms with E-state index in [0.717, 1.165) is 0 Å². The highest BCUT2D eigenvalue weighted by molar-refractivity contribution is 6.67. The maximum atomic E-state index is 8.42. The van der Waals surface area contributed by atoms with E-state index >= 15 is 0 Å². The number of aliphatic hydroxyl groups excluding tert-OH is 1. The van der Waals surface area contributed by atoms with Crippen molar-refractivity contribution in [1.29, 1.82) is 0 Å². The zero-order valence-corrected chi connectivity index (χ0v) is 7.13. The molecule has 9 heavy (non-hydrogen) atoms. The summed E-state index contributed by atoms with van der Waals surface area (Å²) in [6, 6.07) is 0. The molecule has 5 heteroatoms. The van der Waals surface area contributed by atoms with Crippen LogP contribution >= 0.6 is 34.8 Å². The lowest BCUT2D eigenvalue weighted by molar-refractivity contribution is 0.239. The molecule has 0 saturated heterocycles. The fourth-order valence-electron chi connectivity index (χ4n) is 0.104. The van der Waals surface area contributed by atoms with Crippen molar-refractivity contribution in [2.45, 2.75) is 10.7 Å². The Morgan fingerprint density at radius 3 is 1.78 bits per heavy atom. The number of aliphatic hydroxyl groups is 1. The minimum absolute atomic E-state index is 0. The third kappa shape index (κ3) is 5.25. The summed E-state index contributed by atoms with van der Waals surface area (Å²) in [4.78, 5) is 0. The van der Waals surface area contributed by atoms with E-state index in [-0.39, 0.29) is 18.0 Å². The van der Waals surface area contributed by atoms with Gasteiger partial charge in [-0.1, -0.05) is 41.7 Å². The Morgan fingerprint density at radius 1 is 1.44 bits per heavy atom. The smallest absolute Gasteiger partial charge is 0.195 e. The molecule has 0 saturated carbocycles. The Bertz CT molecular complexity index is 70.7. The second-order valence-corrected chi connectivity index (χ2v) is 3.99. The molecule has 0 bridgehead atoms. The molecule has 3 N–H and O–H groups in total. The van der Waals surface area contributed by atoms with Crippen LogP contribution in [-0.4, -0.2) is 21.0 Å². The van der Waals surface area contributed by atoms with E-state index in [4.69, 9.17) is 39.9 Å². The Balaban J connectivity index is 0. The number of halogens is 3. The zero-order valence-electron chi connectivity index (χ0n) is 4.87. The van der Waals surface area contributed by atoms with E-state index in [1.54, 1.807) is 6.92 Å². The van der Waals surface area contributed by atoms with Crippen LogP contribution in [0.2, 0.25) is 0 Å². The van der Waals surface area contributed by atoms with Gasteiger partial charge in [-0.05, 0) is 0 Å². The van der Waals surface area contributed by atoms with E-state index < -0.39 is 3.79 Å². The SMILES string of the molecule is CC(CO)C(Cl)(Cl)Cl.O. The molecule has 0 amide bonds. The van der Waals surface area contributed by atoms with Gasteiger partial charge in [0.2, 0.25) is 0 Å². The molecular formula is C4H9Cl3O2. The van der Waals surface area contributed by atoms with Gasteiger partial charge in [-0.3, -0.25) is 0 Å². The Morgan fingerprint density at radius 2 is 1.78 bits per heavy atom. The van der Waals surface area contributed by atoms with Crippen LogP contribution in [0.5, 0.6) is 0 Å². The van der Waals surface area contributed by atoms with Gasteiger partial charge in [0.25, 0.3) is 0 Å². The largest absolute Gasteiger partial charge is 0.412 e. The average Bonchev–Trinajstić information content (AvgIpc) is 1.62. The summed E-state index contributed by atoms with van der Waals surface area (Å²) in [5, 5.41) is 8.42. The first kappa shape index (κ1) is 12.5. The van der Waals surface area contributed by atoms with Crippen LogP contribution in [0, 0.1) is 5.92 Å². The van der Waals surface area contributed by atoms with Crippen LogP contribution < -0.4 is 0 Å². The second kappa shape index (κ2) is 4.58. The van der Waals surface area contributed by atoms with Crippen molar-refractivity contribution in [2.75, 3.05) is 6.61 Å². The van der Waals surface area contributed by atoms with Crippen LogP contribution in [0.1, 0.15) is 6.92 Å². The van der Waals surface area contributed by atoms with E-state index in [1.807, 2.05) is 0 Å². The minimum atomic E-state index is -1.32. The molecule has 0 aromatic heterocycles. The summed E-state index contributed by atoms with van der Waals surface area (Å²) in [5.41, 5.74) is 0. The first-order chi connectivity index (χ1) is 3.48. The van der Waals surface area contributed by atoms with E-state index in [0.29, 0.717) is 0 Å². The summed E-state index contributed by atoms with van der Waals surface area (Å²) in [6.45, 7) is 1.56. The molecule has 0 aromatic rings. The van der Waals surface area contributed by atoms with Crippen molar-refractivity contribution < 1.29 is 10.6 Å². The molecule has 0 aromatic carbocycles. The van der Waals surface area contributed by atoms with E-state index in [9.17, 15) is 0 Å². The van der Waals surface area contributed by atoms with Crippen LogP contribution in [0.4, 0.5) is 0 Å². The molecule has 0 aliphatic rings. The number of rotatable bonds is 1. The third-order valence-electron chi connectivity index (χ3n) is 0.833. The first-order valence-electron chi connectivity index (χ1n) is 2.16. The fraction of sp³-hybridized carbons (Fsp3) is 1.00. The molecule has 58 valence electrons. The normalized spacial score (nSPS) is 14.3. The molecule has 0 radical (unpaired) electrons. The summed E-state index contributed by atoms with van der Waals surface area (Å²) >= 11 is 16.1. The predicted molar refractivity (Wildman–Crippen MR) is 40.2 cm³/mol. The van der Waals surface area contributed by atoms with Crippen molar-refractivity contribution in [3.8, 4) is 0 Å². The molecule has 2 nitrogen and oxygen atoms in total. The number of alkyl halides is 3. The molecule has 0 aliphatic heterocycles. The minimum Gasteiger partial charge on any atom is -0.412 e. The van der Waals surface area contributed by atoms with Gasteiger partial charge < -0.3 is 10.6 Å². The number of hydrogen-bond donors (Lipinski definition) is 1. The van der Waals surface area contributed by atoms with Crippen molar-refractivity contribution in [1.82, 2.24) is 0 Å². The first-order valence-corrected chi connectivity index (χ1v) is 3.29. The van der Waals surface area contributed by atoms with Crippen LogP contribution in [0.15, 0.2) is 0 Å². The lowest BCUT2D eigenvalue weighted by Gasteiger charge is -2.16. The quantitative estimate of drug-likeness (QED) is 0.627. The summed E-state index contributed by atoms with van der Waals surface area (Å²) in [6.07, 6.45) is 0. The van der Waals surface area contributed by atoms with Crippen molar-refractivity contribution >= 4 is 34.8 Å². The Hall–Kier alpha value is 0.790. The zero-order chi connectivity index (χ0) is 6.78. The van der Waals surface area contributed by atoms with E-state index in [1.165, 1.54) is 0 Å². The molecule has 0 spiro atoms. The standard InChI is InChI=1S/C4H7Cl3O.H2O/c1-3(2-8)4(5,6)7;/h3,8H,2H2,1H3;1H2. The molecule has 0 fully saturated rings. The lowest BCUT2D eigenvalue weighted by Crippen LogP contribution is -2.18. The topological polar surface area (TPSA) is 51.7 Å². The maximum Gasteiger partial charge on any atom is 0.195 e. The fourth-order valence-corrected chi connectivity index (χ4v) is 0.311. The summed E-state index contributed by atoms with van der Waals surface area (Å²) < 4.78 is -1.32. The molecule has 1 atom stereocenters. The predicted octanol–water partition coefficient (Wildman–Crippen LogP) is 1.16. The monoisotopic (exact) mass is 194 g/mol. The molecule has 0 aliphatic carbocycles. The average molecular weight is 195 g/mol. The summed E-state index contributed by atoms with van der Waals surface area (Å²) in [5.74, 6) is -0.299. The lowest BCUT2D eigenvalue weighted by atomic mass is 10.2. The van der Waals surface area contributed by atoms with Gasteiger partial charge in [0.05, 0.1) is 0 Å². The van der Waals surface area contributed by atoms with Gasteiger partial charge in [-0.15, -0.1) is 0 Å². The van der Waals surface area contributed by atoms with E-state index in [2.05, 4.69) is 0 Å². The van der Waals surface area contributed by atoms with Crippen LogP contribution in [0.3, 0.4) is 0 Å². The summed E-state index contributed by atoms with van der Waals surface area (Å²) in [7, 11) is 0. The molecule has 1 unspecified atom stereocenters. The second-order valence-electron chi connectivity index (χ2n) is 1.63. The van der Waals surface area contributed by atoms with Gasteiger partial charge >= 0.3 is 0 Å². The van der Waals surface area contributed by atoms with Gasteiger partial charge in [-0.2, -0.15) is 0 Å². The van der Waals surface area contributed by atoms with Gasteiger partial charge in [0.1, 0.15) is 0 Å². The Labute approximate surface area is 69.0 Å². The molecule has 0 rings (SSSR count). The van der Waals surface area contributed by atoms with Gasteiger partial charge in [0.15, 0.2) is 3.79 Å². The highest BCUT2D eigenvalue weighted by Gasteiger charge is 2.27. The highest BCUT2D eigenvalue weighted by atomic mass is 35.6. The van der Waals surface area contributed by atoms with Crippen molar-refractivity contribution in [2.24, 2.45) is 5.92 Å². The third-order valence-corrected chi connectivity index (χ3v) is 1.95. The van der Waals surface area contributed by atoms with Gasteiger partial charge in [0, 0.05) is 12.5 Å².